The second-order valence-electron chi connectivity index (χ2n) is 5.64. The highest BCUT2D eigenvalue weighted by atomic mass is 15.0. The second kappa shape index (κ2) is 5.64. The maximum atomic E-state index is 4.45. The number of nitrogens with one attached hydrogen (secondary N) is 1. The third-order valence-corrected chi connectivity index (χ3v) is 4.19. The van der Waals surface area contributed by atoms with Crippen molar-refractivity contribution in [3.8, 4) is 0 Å². The second-order valence-corrected chi connectivity index (χ2v) is 5.64. The summed E-state index contributed by atoms with van der Waals surface area (Å²) in [5.41, 5.74) is 1.26. The maximum absolute atomic E-state index is 4.45. The minimum Gasteiger partial charge on any atom is -0.350 e. The van der Waals surface area contributed by atoms with E-state index in [0.717, 1.165) is 25.2 Å². The summed E-state index contributed by atoms with van der Waals surface area (Å²) in [6.45, 7) is 0.952. The SMILES string of the molecule is C(=C\c1c2ccccc2cc2ccccc12)/NC1=NCCC1. The van der Waals surface area contributed by atoms with Crippen LogP contribution in [0.4, 0.5) is 0 Å². The van der Waals surface area contributed by atoms with E-state index >= 15 is 0 Å². The van der Waals surface area contributed by atoms with Crippen LogP contribution in [0, 0.1) is 0 Å². The van der Waals surface area contributed by atoms with Crippen molar-refractivity contribution >= 4 is 33.5 Å². The Balaban J connectivity index is 1.83. The first-order chi connectivity index (χ1) is 10.9. The van der Waals surface area contributed by atoms with Crippen molar-refractivity contribution in [3.63, 3.8) is 0 Å². The fraction of sp³-hybridized carbons (Fsp3) is 0.150. The van der Waals surface area contributed by atoms with Crippen LogP contribution in [-0.2, 0) is 0 Å². The van der Waals surface area contributed by atoms with Crippen molar-refractivity contribution in [2.75, 3.05) is 6.54 Å². The summed E-state index contributed by atoms with van der Waals surface area (Å²) in [7, 11) is 0. The molecule has 0 radical (unpaired) electrons. The minimum atomic E-state index is 0.952. The fourth-order valence-electron chi connectivity index (χ4n) is 3.11. The quantitative estimate of drug-likeness (QED) is 0.676. The van der Waals surface area contributed by atoms with Gasteiger partial charge in [-0.2, -0.15) is 0 Å². The van der Waals surface area contributed by atoms with Crippen molar-refractivity contribution in [1.82, 2.24) is 5.32 Å². The predicted octanol–water partition coefficient (Wildman–Crippen LogP) is 4.75. The topological polar surface area (TPSA) is 24.4 Å². The maximum Gasteiger partial charge on any atom is 0.100 e. The zero-order chi connectivity index (χ0) is 14.8. The van der Waals surface area contributed by atoms with E-state index in [-0.39, 0.29) is 0 Å². The van der Waals surface area contributed by atoms with Gasteiger partial charge in [0.05, 0.1) is 0 Å². The summed E-state index contributed by atoms with van der Waals surface area (Å²) in [6, 6.07) is 19.4. The molecule has 1 aliphatic heterocycles. The van der Waals surface area contributed by atoms with Crippen molar-refractivity contribution in [1.29, 1.82) is 0 Å². The molecule has 1 aliphatic rings. The molecule has 0 unspecified atom stereocenters. The molecule has 0 fully saturated rings. The van der Waals surface area contributed by atoms with Gasteiger partial charge in [-0.3, -0.25) is 4.99 Å². The molecule has 0 bridgehead atoms. The van der Waals surface area contributed by atoms with Crippen LogP contribution in [0.3, 0.4) is 0 Å². The largest absolute Gasteiger partial charge is 0.350 e. The lowest BCUT2D eigenvalue weighted by molar-refractivity contribution is 0.947. The minimum absolute atomic E-state index is 0.952. The molecular formula is C20H18N2. The highest BCUT2D eigenvalue weighted by Crippen LogP contribution is 2.29. The van der Waals surface area contributed by atoms with Crippen molar-refractivity contribution in [2.24, 2.45) is 4.99 Å². The lowest BCUT2D eigenvalue weighted by Crippen LogP contribution is -2.13. The van der Waals surface area contributed by atoms with Crippen molar-refractivity contribution in [2.45, 2.75) is 12.8 Å². The molecule has 4 rings (SSSR count). The van der Waals surface area contributed by atoms with Crippen LogP contribution in [0.1, 0.15) is 18.4 Å². The van der Waals surface area contributed by atoms with Gasteiger partial charge in [-0.1, -0.05) is 48.5 Å². The number of hydrogen-bond acceptors (Lipinski definition) is 2. The number of hydrogen-bond donors (Lipinski definition) is 1. The monoisotopic (exact) mass is 286 g/mol. The first kappa shape index (κ1) is 13.1. The molecule has 3 aromatic carbocycles. The average Bonchev–Trinajstić information content (AvgIpc) is 3.07. The molecule has 2 heteroatoms. The number of nitrogens with zero attached hydrogens (tertiary/aromatic N) is 1. The van der Waals surface area contributed by atoms with E-state index in [9.17, 15) is 0 Å². The third-order valence-electron chi connectivity index (χ3n) is 4.19. The molecule has 0 amide bonds. The summed E-state index contributed by atoms with van der Waals surface area (Å²) < 4.78 is 0. The molecule has 0 saturated carbocycles. The Bertz CT molecular complexity index is 836. The Morgan fingerprint density at radius 3 is 2.23 bits per heavy atom. The summed E-state index contributed by atoms with van der Waals surface area (Å²) in [5.74, 6) is 1.10. The first-order valence-corrected chi connectivity index (χ1v) is 7.79. The standard InChI is InChI=1S/C20H18N2/c1-3-8-17-15(6-1)14-16-7-2-4-9-18(16)19(17)11-13-22-20-10-5-12-21-20/h1-4,6-9,11,13-14H,5,10,12H2,(H,21,22)/b13-11+. The zero-order valence-electron chi connectivity index (χ0n) is 12.4. The van der Waals surface area contributed by atoms with Gasteiger partial charge in [0.1, 0.15) is 5.84 Å². The Morgan fingerprint density at radius 1 is 0.909 bits per heavy atom. The number of benzene rings is 3. The van der Waals surface area contributed by atoms with Gasteiger partial charge in [-0.05, 0) is 45.7 Å². The van der Waals surface area contributed by atoms with Gasteiger partial charge < -0.3 is 5.32 Å². The zero-order valence-corrected chi connectivity index (χ0v) is 12.4. The van der Waals surface area contributed by atoms with Crippen LogP contribution in [0.25, 0.3) is 27.6 Å². The normalized spacial score (nSPS) is 14.8. The molecular weight excluding hydrogens is 268 g/mol. The van der Waals surface area contributed by atoms with E-state index in [1.807, 2.05) is 6.20 Å². The highest BCUT2D eigenvalue weighted by Gasteiger charge is 2.06. The van der Waals surface area contributed by atoms with Gasteiger partial charge in [0.25, 0.3) is 0 Å². The average molecular weight is 286 g/mol. The lowest BCUT2D eigenvalue weighted by atomic mass is 9.97. The molecule has 0 aliphatic carbocycles. The molecule has 0 atom stereocenters. The lowest BCUT2D eigenvalue weighted by Gasteiger charge is -2.08. The third kappa shape index (κ3) is 2.37. The van der Waals surface area contributed by atoms with E-state index in [0.29, 0.717) is 0 Å². The van der Waals surface area contributed by atoms with Crippen LogP contribution < -0.4 is 5.32 Å². The molecule has 2 nitrogen and oxygen atoms in total. The summed E-state index contributed by atoms with van der Waals surface area (Å²) in [4.78, 5) is 4.45. The summed E-state index contributed by atoms with van der Waals surface area (Å²) in [5, 5.41) is 8.45. The van der Waals surface area contributed by atoms with Crippen molar-refractivity contribution in [3.05, 3.63) is 66.4 Å². The van der Waals surface area contributed by atoms with Crippen molar-refractivity contribution < 1.29 is 0 Å². The fourth-order valence-corrected chi connectivity index (χ4v) is 3.11. The molecule has 0 aromatic heterocycles. The molecule has 0 spiro atoms. The number of fused-ring (bicyclic) bond motifs is 2. The van der Waals surface area contributed by atoms with Gasteiger partial charge >= 0.3 is 0 Å². The van der Waals surface area contributed by atoms with E-state index in [2.05, 4.69) is 71.0 Å². The van der Waals surface area contributed by atoms with Crippen LogP contribution >= 0.6 is 0 Å². The van der Waals surface area contributed by atoms with Gasteiger partial charge in [-0.25, -0.2) is 0 Å². The van der Waals surface area contributed by atoms with E-state index < -0.39 is 0 Å². The smallest absolute Gasteiger partial charge is 0.100 e. The Labute approximate surface area is 130 Å². The van der Waals surface area contributed by atoms with E-state index in [1.54, 1.807) is 0 Å². The van der Waals surface area contributed by atoms with Gasteiger partial charge in [0, 0.05) is 19.2 Å². The van der Waals surface area contributed by atoms with E-state index in [1.165, 1.54) is 27.1 Å². The van der Waals surface area contributed by atoms with Crippen LogP contribution in [0.2, 0.25) is 0 Å². The van der Waals surface area contributed by atoms with Crippen LogP contribution in [0.15, 0.2) is 65.8 Å². The molecule has 108 valence electrons. The molecule has 22 heavy (non-hydrogen) atoms. The first-order valence-electron chi connectivity index (χ1n) is 7.79. The van der Waals surface area contributed by atoms with Gasteiger partial charge in [0.15, 0.2) is 0 Å². The van der Waals surface area contributed by atoms with E-state index in [4.69, 9.17) is 0 Å². The number of amidine groups is 1. The Hall–Kier alpha value is -2.61. The van der Waals surface area contributed by atoms with Gasteiger partial charge in [0.2, 0.25) is 0 Å². The molecule has 1 heterocycles. The van der Waals surface area contributed by atoms with Crippen LogP contribution in [0.5, 0.6) is 0 Å². The number of rotatable bonds is 2. The summed E-state index contributed by atoms with van der Waals surface area (Å²) >= 11 is 0. The Kier molecular flexibility index (Phi) is 3.36. The molecule has 0 saturated heterocycles. The summed E-state index contributed by atoms with van der Waals surface area (Å²) in [6.07, 6.45) is 6.41. The molecule has 3 aromatic rings. The highest BCUT2D eigenvalue weighted by molar-refractivity contribution is 6.06. The molecule has 1 N–H and O–H groups in total. The van der Waals surface area contributed by atoms with Gasteiger partial charge in [-0.15, -0.1) is 0 Å². The number of aliphatic imine (C=N–C) groups is 1. The predicted molar refractivity (Wildman–Crippen MR) is 95.2 cm³/mol. The van der Waals surface area contributed by atoms with Crippen LogP contribution in [-0.4, -0.2) is 12.4 Å². The Morgan fingerprint density at radius 2 is 1.59 bits per heavy atom.